The molecule has 1 amide bonds. The van der Waals surface area contributed by atoms with E-state index in [2.05, 4.69) is 5.32 Å². The molecule has 0 saturated heterocycles. The van der Waals surface area contributed by atoms with Gasteiger partial charge in [-0.15, -0.1) is 0 Å². The molecule has 0 saturated carbocycles. The minimum Gasteiger partial charge on any atom is -0.452 e. The van der Waals surface area contributed by atoms with Crippen LogP contribution in [-0.4, -0.2) is 23.4 Å². The van der Waals surface area contributed by atoms with Crippen molar-refractivity contribution in [1.82, 2.24) is 0 Å². The van der Waals surface area contributed by atoms with E-state index in [0.717, 1.165) is 12.1 Å². The minimum absolute atomic E-state index is 0.0703. The van der Waals surface area contributed by atoms with Crippen LogP contribution in [-0.2, 0) is 9.53 Å². The number of carbonyl (C=O) groups excluding carboxylic acids is 2. The molecule has 0 aliphatic rings. The first-order valence-corrected chi connectivity index (χ1v) is 7.33. The van der Waals surface area contributed by atoms with Crippen LogP contribution in [0.3, 0.4) is 0 Å². The highest BCUT2D eigenvalue weighted by Gasteiger charge is 2.17. The molecule has 0 spiro atoms. The third-order valence-corrected chi connectivity index (χ3v) is 3.41. The van der Waals surface area contributed by atoms with Gasteiger partial charge in [0.1, 0.15) is 5.82 Å². The number of nitrogens with zero attached hydrogens (tertiary/aromatic N) is 1. The predicted molar refractivity (Wildman–Crippen MR) is 88.2 cm³/mol. The average Bonchev–Trinajstić information content (AvgIpc) is 2.56. The Morgan fingerprint density at radius 3 is 2.68 bits per heavy atom. The van der Waals surface area contributed by atoms with E-state index < -0.39 is 29.2 Å². The summed E-state index contributed by atoms with van der Waals surface area (Å²) in [5.41, 5.74) is -0.0748. The van der Waals surface area contributed by atoms with Gasteiger partial charge >= 0.3 is 5.97 Å². The van der Waals surface area contributed by atoms with Crippen LogP contribution < -0.4 is 5.32 Å². The maximum absolute atomic E-state index is 13.5. The SMILES string of the molecule is Cc1ccc(C(=O)OCC(=O)Nc2cc(Cl)ccc2F)cc1[N+](=O)[O-]. The monoisotopic (exact) mass is 366 g/mol. The maximum Gasteiger partial charge on any atom is 0.338 e. The van der Waals surface area contributed by atoms with E-state index in [1.165, 1.54) is 31.2 Å². The summed E-state index contributed by atoms with van der Waals surface area (Å²) in [5, 5.41) is 13.3. The summed E-state index contributed by atoms with van der Waals surface area (Å²) in [6, 6.07) is 7.41. The molecule has 0 unspecified atom stereocenters. The van der Waals surface area contributed by atoms with Crippen molar-refractivity contribution in [3.05, 3.63) is 68.5 Å². The van der Waals surface area contributed by atoms with E-state index in [9.17, 15) is 24.1 Å². The van der Waals surface area contributed by atoms with E-state index in [-0.39, 0.29) is 22.0 Å². The van der Waals surface area contributed by atoms with E-state index >= 15 is 0 Å². The molecule has 0 atom stereocenters. The van der Waals surface area contributed by atoms with Crippen molar-refractivity contribution in [2.24, 2.45) is 0 Å². The van der Waals surface area contributed by atoms with Gasteiger partial charge in [-0.05, 0) is 31.2 Å². The molecule has 25 heavy (non-hydrogen) atoms. The van der Waals surface area contributed by atoms with Gasteiger partial charge in [0.15, 0.2) is 6.61 Å². The molecule has 0 radical (unpaired) electrons. The average molecular weight is 367 g/mol. The number of halogens is 2. The van der Waals surface area contributed by atoms with Gasteiger partial charge in [0.25, 0.3) is 11.6 Å². The Kier molecular flexibility index (Phi) is 5.66. The lowest BCUT2D eigenvalue weighted by atomic mass is 10.1. The van der Waals surface area contributed by atoms with E-state index in [1.807, 2.05) is 0 Å². The van der Waals surface area contributed by atoms with Crippen molar-refractivity contribution in [3.63, 3.8) is 0 Å². The Morgan fingerprint density at radius 1 is 1.28 bits per heavy atom. The standard InChI is InChI=1S/C16H12ClFN2O5/c1-9-2-3-10(6-14(9)20(23)24)16(22)25-8-15(21)19-13-7-11(17)4-5-12(13)18/h2-7H,8H2,1H3,(H,19,21). The van der Waals surface area contributed by atoms with Crippen molar-refractivity contribution in [2.75, 3.05) is 11.9 Å². The second kappa shape index (κ2) is 7.71. The molecular weight excluding hydrogens is 355 g/mol. The minimum atomic E-state index is -0.912. The van der Waals surface area contributed by atoms with Gasteiger partial charge in [-0.3, -0.25) is 14.9 Å². The van der Waals surface area contributed by atoms with Crippen LogP contribution in [0, 0.1) is 22.9 Å². The normalized spacial score (nSPS) is 10.2. The summed E-state index contributed by atoms with van der Waals surface area (Å²) >= 11 is 5.70. The summed E-state index contributed by atoms with van der Waals surface area (Å²) in [6.07, 6.45) is 0. The molecule has 0 fully saturated rings. The maximum atomic E-state index is 13.5. The number of nitrogens with one attached hydrogen (secondary N) is 1. The molecule has 0 heterocycles. The molecule has 2 aromatic rings. The largest absolute Gasteiger partial charge is 0.452 e. The number of rotatable bonds is 5. The number of amides is 1. The van der Waals surface area contributed by atoms with E-state index in [0.29, 0.717) is 5.56 Å². The molecule has 7 nitrogen and oxygen atoms in total. The quantitative estimate of drug-likeness (QED) is 0.496. The van der Waals surface area contributed by atoms with Gasteiger partial charge in [0, 0.05) is 16.7 Å². The van der Waals surface area contributed by atoms with E-state index in [1.54, 1.807) is 0 Å². The Labute approximate surface area is 146 Å². The Morgan fingerprint density at radius 2 is 2.00 bits per heavy atom. The van der Waals surface area contributed by atoms with E-state index in [4.69, 9.17) is 16.3 Å². The molecule has 2 rings (SSSR count). The number of ether oxygens (including phenoxy) is 1. The first-order chi connectivity index (χ1) is 11.8. The third-order valence-electron chi connectivity index (χ3n) is 3.18. The number of carbonyl (C=O) groups is 2. The second-order valence-corrected chi connectivity index (χ2v) is 5.44. The highest BCUT2D eigenvalue weighted by Crippen LogP contribution is 2.21. The van der Waals surface area contributed by atoms with Crippen LogP contribution in [0.25, 0.3) is 0 Å². The fourth-order valence-corrected chi connectivity index (χ4v) is 2.10. The number of nitro groups is 1. The predicted octanol–water partition coefficient (Wildman–Crippen LogP) is 3.49. The number of aryl methyl sites for hydroxylation is 1. The zero-order valence-corrected chi connectivity index (χ0v) is 13.7. The van der Waals surface area contributed by atoms with Crippen molar-refractivity contribution in [2.45, 2.75) is 6.92 Å². The number of hydrogen-bond acceptors (Lipinski definition) is 5. The van der Waals surface area contributed by atoms with Gasteiger partial charge in [0.2, 0.25) is 0 Å². The molecule has 130 valence electrons. The van der Waals surface area contributed by atoms with Crippen LogP contribution in [0.15, 0.2) is 36.4 Å². The Bertz CT molecular complexity index is 856. The summed E-state index contributed by atoms with van der Waals surface area (Å²) in [7, 11) is 0. The van der Waals surface area contributed by atoms with Crippen molar-refractivity contribution < 1.29 is 23.6 Å². The molecule has 9 heteroatoms. The van der Waals surface area contributed by atoms with Gasteiger partial charge in [-0.2, -0.15) is 0 Å². The number of hydrogen-bond donors (Lipinski definition) is 1. The second-order valence-electron chi connectivity index (χ2n) is 5.01. The number of benzene rings is 2. The fraction of sp³-hybridized carbons (Fsp3) is 0.125. The van der Waals surface area contributed by atoms with Crippen molar-refractivity contribution in [3.8, 4) is 0 Å². The molecule has 0 aliphatic carbocycles. The van der Waals surface area contributed by atoms with Crippen LogP contribution >= 0.6 is 11.6 Å². The summed E-state index contributed by atoms with van der Waals surface area (Å²) < 4.78 is 18.3. The highest BCUT2D eigenvalue weighted by atomic mass is 35.5. The number of anilines is 1. The van der Waals surface area contributed by atoms with Crippen LogP contribution in [0.5, 0.6) is 0 Å². The topological polar surface area (TPSA) is 98.5 Å². The zero-order valence-electron chi connectivity index (χ0n) is 12.9. The Balaban J connectivity index is 2.00. The zero-order chi connectivity index (χ0) is 18.6. The van der Waals surface area contributed by atoms with Crippen LogP contribution in [0.2, 0.25) is 5.02 Å². The number of esters is 1. The molecule has 0 aliphatic heterocycles. The Hall–Kier alpha value is -3.00. The smallest absolute Gasteiger partial charge is 0.338 e. The van der Waals surface area contributed by atoms with Gasteiger partial charge < -0.3 is 10.1 Å². The summed E-state index contributed by atoms with van der Waals surface area (Å²) in [4.78, 5) is 33.9. The molecular formula is C16H12ClFN2O5. The lowest BCUT2D eigenvalue weighted by molar-refractivity contribution is -0.385. The van der Waals surface area contributed by atoms with Crippen molar-refractivity contribution >= 4 is 34.9 Å². The van der Waals surface area contributed by atoms with Gasteiger partial charge in [-0.25, -0.2) is 9.18 Å². The lowest BCUT2D eigenvalue weighted by Gasteiger charge is -2.08. The van der Waals surface area contributed by atoms with Gasteiger partial charge in [-0.1, -0.05) is 17.7 Å². The first kappa shape index (κ1) is 18.3. The summed E-state index contributed by atoms with van der Waals surface area (Å²) in [6.45, 7) is 0.840. The van der Waals surface area contributed by atoms with Crippen LogP contribution in [0.1, 0.15) is 15.9 Å². The summed E-state index contributed by atoms with van der Waals surface area (Å²) in [5.74, 6) is -2.39. The fourth-order valence-electron chi connectivity index (χ4n) is 1.93. The molecule has 0 aromatic heterocycles. The van der Waals surface area contributed by atoms with Gasteiger partial charge in [0.05, 0.1) is 16.2 Å². The highest BCUT2D eigenvalue weighted by molar-refractivity contribution is 6.30. The molecule has 1 N–H and O–H groups in total. The first-order valence-electron chi connectivity index (χ1n) is 6.95. The van der Waals surface area contributed by atoms with Crippen molar-refractivity contribution in [1.29, 1.82) is 0 Å². The molecule has 0 bridgehead atoms. The third kappa shape index (κ3) is 4.74. The molecule has 2 aromatic carbocycles. The number of nitro benzene ring substituents is 1. The van der Waals surface area contributed by atoms with Crippen LogP contribution in [0.4, 0.5) is 15.8 Å². The lowest BCUT2D eigenvalue weighted by Crippen LogP contribution is -2.21.